The fourth-order valence-electron chi connectivity index (χ4n) is 3.52. The van der Waals surface area contributed by atoms with Gasteiger partial charge >= 0.3 is 0 Å². The number of hydrogen-bond donors (Lipinski definition) is 0. The molecule has 0 atom stereocenters. The summed E-state index contributed by atoms with van der Waals surface area (Å²) < 4.78 is 6.35. The number of hydrogen-bond acceptors (Lipinski definition) is 4. The molecule has 2 aromatic rings. The maximum absolute atomic E-state index is 12.5. The van der Waals surface area contributed by atoms with Gasteiger partial charge in [0.15, 0.2) is 0 Å². The lowest BCUT2D eigenvalue weighted by Crippen LogP contribution is -2.48. The van der Waals surface area contributed by atoms with Gasteiger partial charge in [0, 0.05) is 49.2 Å². The summed E-state index contributed by atoms with van der Waals surface area (Å²) in [4.78, 5) is 16.9. The molecule has 1 aliphatic rings. The zero-order valence-electron chi connectivity index (χ0n) is 16.2. The number of aryl methyl sites for hydroxylation is 3. The smallest absolute Gasteiger partial charge is 0.222 e. The Balaban J connectivity index is 1.35. The van der Waals surface area contributed by atoms with Crippen molar-refractivity contribution in [1.82, 2.24) is 15.0 Å². The maximum Gasteiger partial charge on any atom is 0.222 e. The van der Waals surface area contributed by atoms with Gasteiger partial charge in [-0.2, -0.15) is 0 Å². The first-order valence-electron chi connectivity index (χ1n) is 9.69. The molecule has 1 saturated heterocycles. The summed E-state index contributed by atoms with van der Waals surface area (Å²) in [6, 6.07) is 8.43. The molecule has 146 valence electrons. The molecule has 1 amide bonds. The number of amides is 1. The second-order valence-electron chi connectivity index (χ2n) is 7.29. The summed E-state index contributed by atoms with van der Waals surface area (Å²) >= 11 is 3.46. The van der Waals surface area contributed by atoms with Crippen molar-refractivity contribution in [1.29, 1.82) is 0 Å². The van der Waals surface area contributed by atoms with Gasteiger partial charge in [0.1, 0.15) is 5.76 Å². The van der Waals surface area contributed by atoms with E-state index in [1.165, 1.54) is 11.1 Å². The molecule has 0 saturated carbocycles. The molecule has 5 nitrogen and oxygen atoms in total. The van der Waals surface area contributed by atoms with Crippen LogP contribution in [0.1, 0.15) is 41.8 Å². The average molecular weight is 434 g/mol. The van der Waals surface area contributed by atoms with Crippen molar-refractivity contribution in [2.75, 3.05) is 26.2 Å². The molecule has 1 aromatic carbocycles. The first-order chi connectivity index (χ1) is 13.0. The third-order valence-electron chi connectivity index (χ3n) is 5.31. The van der Waals surface area contributed by atoms with Crippen molar-refractivity contribution in [3.63, 3.8) is 0 Å². The Bertz CT molecular complexity index is 730. The van der Waals surface area contributed by atoms with E-state index in [-0.39, 0.29) is 0 Å². The zero-order chi connectivity index (χ0) is 19.2. The maximum atomic E-state index is 12.5. The number of halogens is 1. The lowest BCUT2D eigenvalue weighted by Gasteiger charge is -2.34. The van der Waals surface area contributed by atoms with Gasteiger partial charge in [0.25, 0.3) is 0 Å². The summed E-state index contributed by atoms with van der Waals surface area (Å²) in [6.45, 7) is 8.26. The Hall–Kier alpha value is -1.66. The molecule has 1 aliphatic heterocycles. The van der Waals surface area contributed by atoms with Crippen LogP contribution in [0.15, 0.2) is 33.3 Å². The Morgan fingerprint density at radius 3 is 2.44 bits per heavy atom. The van der Waals surface area contributed by atoms with E-state index in [2.05, 4.69) is 50.3 Å². The van der Waals surface area contributed by atoms with Crippen molar-refractivity contribution < 1.29 is 9.32 Å². The number of rotatable bonds is 7. The van der Waals surface area contributed by atoms with Crippen LogP contribution in [0.2, 0.25) is 0 Å². The van der Waals surface area contributed by atoms with Crippen LogP contribution in [0, 0.1) is 13.8 Å². The standard InChI is InChI=1S/C21H28BrN3O2/c1-16-20(17(2)27-23-16)15-24-11-13-25(14-12-24)21(26)6-4-3-5-18-7-9-19(22)10-8-18/h7-10H,3-6,11-15H2,1-2H3. The van der Waals surface area contributed by atoms with Crippen molar-refractivity contribution >= 4 is 21.8 Å². The first kappa shape index (κ1) is 20.1. The normalized spacial score (nSPS) is 15.3. The van der Waals surface area contributed by atoms with Gasteiger partial charge in [0.2, 0.25) is 5.91 Å². The summed E-state index contributed by atoms with van der Waals surface area (Å²) in [5.41, 5.74) is 3.48. The molecule has 6 heteroatoms. The highest BCUT2D eigenvalue weighted by atomic mass is 79.9. The summed E-state index contributed by atoms with van der Waals surface area (Å²) in [5, 5.41) is 4.02. The van der Waals surface area contributed by atoms with E-state index in [0.717, 1.165) is 67.9 Å². The SMILES string of the molecule is Cc1noc(C)c1CN1CCN(C(=O)CCCCc2ccc(Br)cc2)CC1. The summed E-state index contributed by atoms with van der Waals surface area (Å²) in [6.07, 6.45) is 3.69. The molecule has 2 heterocycles. The minimum Gasteiger partial charge on any atom is -0.361 e. The number of carbonyl (C=O) groups is 1. The van der Waals surface area contributed by atoms with Crippen molar-refractivity contribution in [2.45, 2.75) is 46.1 Å². The van der Waals surface area contributed by atoms with Crippen LogP contribution in [-0.2, 0) is 17.8 Å². The van der Waals surface area contributed by atoms with Crippen LogP contribution in [-0.4, -0.2) is 47.0 Å². The van der Waals surface area contributed by atoms with Crippen LogP contribution in [0.4, 0.5) is 0 Å². The molecule has 0 N–H and O–H groups in total. The third kappa shape index (κ3) is 5.66. The molecular weight excluding hydrogens is 406 g/mol. The third-order valence-corrected chi connectivity index (χ3v) is 5.84. The minimum atomic E-state index is 0.294. The van der Waals surface area contributed by atoms with E-state index in [1.54, 1.807) is 0 Å². The molecule has 0 bridgehead atoms. The van der Waals surface area contributed by atoms with E-state index >= 15 is 0 Å². The zero-order valence-corrected chi connectivity index (χ0v) is 17.8. The van der Waals surface area contributed by atoms with Crippen molar-refractivity contribution in [3.05, 3.63) is 51.3 Å². The molecule has 1 fully saturated rings. The largest absolute Gasteiger partial charge is 0.361 e. The molecule has 0 aliphatic carbocycles. The van der Waals surface area contributed by atoms with E-state index in [1.807, 2.05) is 18.7 Å². The fourth-order valence-corrected chi connectivity index (χ4v) is 3.79. The Morgan fingerprint density at radius 1 is 1.11 bits per heavy atom. The molecule has 27 heavy (non-hydrogen) atoms. The Labute approximate surface area is 169 Å². The molecule has 0 unspecified atom stereocenters. The number of piperazine rings is 1. The van der Waals surface area contributed by atoms with Gasteiger partial charge in [-0.3, -0.25) is 9.69 Å². The second-order valence-corrected chi connectivity index (χ2v) is 8.21. The number of unbranched alkanes of at least 4 members (excludes halogenated alkanes) is 1. The fraction of sp³-hybridized carbons (Fsp3) is 0.524. The van der Waals surface area contributed by atoms with Gasteiger partial charge < -0.3 is 9.42 Å². The monoisotopic (exact) mass is 433 g/mol. The van der Waals surface area contributed by atoms with Crippen LogP contribution in [0.3, 0.4) is 0 Å². The Kier molecular flexibility index (Phi) is 7.07. The molecular formula is C21H28BrN3O2. The van der Waals surface area contributed by atoms with Crippen LogP contribution < -0.4 is 0 Å². The van der Waals surface area contributed by atoms with Gasteiger partial charge in [0.05, 0.1) is 5.69 Å². The topological polar surface area (TPSA) is 49.6 Å². The highest BCUT2D eigenvalue weighted by Crippen LogP contribution is 2.17. The van der Waals surface area contributed by atoms with Crippen LogP contribution in [0.25, 0.3) is 0 Å². The average Bonchev–Trinajstić information content (AvgIpc) is 2.99. The predicted octanol–water partition coefficient (Wildman–Crippen LogP) is 4.11. The number of benzene rings is 1. The van der Waals surface area contributed by atoms with E-state index < -0.39 is 0 Å². The summed E-state index contributed by atoms with van der Waals surface area (Å²) in [7, 11) is 0. The number of carbonyl (C=O) groups excluding carboxylic acids is 1. The van der Waals surface area contributed by atoms with Crippen molar-refractivity contribution in [3.8, 4) is 0 Å². The van der Waals surface area contributed by atoms with Gasteiger partial charge in [-0.15, -0.1) is 0 Å². The highest BCUT2D eigenvalue weighted by molar-refractivity contribution is 9.10. The first-order valence-corrected chi connectivity index (χ1v) is 10.5. The lowest BCUT2D eigenvalue weighted by molar-refractivity contribution is -0.133. The number of nitrogens with zero attached hydrogens (tertiary/aromatic N) is 3. The summed E-state index contributed by atoms with van der Waals surface area (Å²) in [5.74, 6) is 1.19. The lowest BCUT2D eigenvalue weighted by atomic mass is 10.1. The highest BCUT2D eigenvalue weighted by Gasteiger charge is 2.22. The predicted molar refractivity (Wildman–Crippen MR) is 110 cm³/mol. The van der Waals surface area contributed by atoms with Crippen LogP contribution >= 0.6 is 15.9 Å². The Morgan fingerprint density at radius 2 is 1.81 bits per heavy atom. The van der Waals surface area contributed by atoms with Crippen LogP contribution in [0.5, 0.6) is 0 Å². The van der Waals surface area contributed by atoms with Crippen molar-refractivity contribution in [2.24, 2.45) is 0 Å². The van der Waals surface area contributed by atoms with Gasteiger partial charge in [-0.25, -0.2) is 0 Å². The molecule has 3 rings (SSSR count). The van der Waals surface area contributed by atoms with E-state index in [4.69, 9.17) is 4.52 Å². The molecule has 1 aromatic heterocycles. The quantitative estimate of drug-likeness (QED) is 0.616. The molecule has 0 radical (unpaired) electrons. The van der Waals surface area contributed by atoms with E-state index in [0.29, 0.717) is 12.3 Å². The minimum absolute atomic E-state index is 0.294. The van der Waals surface area contributed by atoms with Gasteiger partial charge in [-0.1, -0.05) is 33.2 Å². The second kappa shape index (κ2) is 9.51. The number of aromatic nitrogens is 1. The van der Waals surface area contributed by atoms with Gasteiger partial charge in [-0.05, 0) is 50.8 Å². The molecule has 0 spiro atoms. The van der Waals surface area contributed by atoms with E-state index in [9.17, 15) is 4.79 Å².